The maximum absolute atomic E-state index is 12.8. The Labute approximate surface area is 544 Å². The van der Waals surface area contributed by atoms with E-state index in [0.29, 0.717) is 38.5 Å². The predicted octanol–water partition coefficient (Wildman–Crippen LogP) is 17.8. The number of allylic oxidation sites excluding steroid dienone is 8. The van der Waals surface area contributed by atoms with E-state index in [4.69, 9.17) is 18.9 Å². The summed E-state index contributed by atoms with van der Waals surface area (Å²) in [7, 11) is -10.0. The van der Waals surface area contributed by atoms with Crippen molar-refractivity contribution in [3.05, 3.63) is 107 Å². The molecule has 2 rings (SSSR count). The second-order valence-corrected chi connectivity index (χ2v) is 24.2. The molecule has 0 aromatic heterocycles. The van der Waals surface area contributed by atoms with Crippen LogP contribution in [0.2, 0.25) is 0 Å². The van der Waals surface area contributed by atoms with E-state index in [2.05, 4.69) is 64.2 Å². The van der Waals surface area contributed by atoms with E-state index in [1.165, 1.54) is 166 Å². The second-order valence-electron chi connectivity index (χ2n) is 21.5. The van der Waals surface area contributed by atoms with Gasteiger partial charge in [0.2, 0.25) is 0 Å². The number of carbonyl (C=O) groups is 4. The quantitative estimate of drug-likeness (QED) is 0.0150. The molecule has 0 N–H and O–H groups in total. The normalized spacial score (nSPS) is 11.7. The third kappa shape index (κ3) is 42.0. The van der Waals surface area contributed by atoms with E-state index in [-0.39, 0.29) is 75.3 Å². The zero-order chi connectivity index (χ0) is 61.8. The monoisotopic (exact) mass is 1250 g/mol. The van der Waals surface area contributed by atoms with Crippen molar-refractivity contribution in [2.75, 3.05) is 26.4 Å². The molecule has 2 aromatic carbocycles. The summed E-state index contributed by atoms with van der Waals surface area (Å²) in [6.07, 6.45) is 56.0. The Kier molecular flexibility index (Phi) is 52.2. The summed E-state index contributed by atoms with van der Waals surface area (Å²) in [5.74, 6) is -3.77. The van der Waals surface area contributed by atoms with Crippen molar-refractivity contribution in [3.63, 3.8) is 0 Å². The summed E-state index contributed by atoms with van der Waals surface area (Å²) in [4.78, 5) is 49.6. The summed E-state index contributed by atoms with van der Waals surface area (Å²) in [5.41, 5.74) is -1.69. The molecule has 0 aliphatic heterocycles. The molecule has 0 atom stereocenters. The van der Waals surface area contributed by atoms with Crippen LogP contribution in [0.5, 0.6) is 0 Å². The average molecular weight is 1250 g/mol. The molecule has 0 spiro atoms. The van der Waals surface area contributed by atoms with Crippen LogP contribution in [-0.4, -0.2) is 114 Å². The number of esters is 4. The molecule has 0 saturated carbocycles. The van der Waals surface area contributed by atoms with Gasteiger partial charge in [-0.3, -0.25) is 0 Å². The van der Waals surface area contributed by atoms with Crippen molar-refractivity contribution in [1.29, 1.82) is 0 Å². The molecule has 476 valence electrons. The molecule has 0 unspecified atom stereocenters. The summed E-state index contributed by atoms with van der Waals surface area (Å²) in [5, 5.41) is 0. The Morgan fingerprint density at radius 1 is 0.329 bits per heavy atom. The van der Waals surface area contributed by atoms with Gasteiger partial charge >= 0.3 is 61.6 Å². The number of hydrogen-bond donors (Lipinski definition) is 0. The number of rotatable bonds is 50. The minimum atomic E-state index is -5.02. The van der Waals surface area contributed by atoms with Crippen LogP contribution >= 0.6 is 0 Å². The fourth-order valence-electron chi connectivity index (χ4n) is 9.12. The van der Waals surface area contributed by atoms with Gasteiger partial charge < -0.3 is 28.1 Å². The van der Waals surface area contributed by atoms with Gasteiger partial charge in [0.25, 0.3) is 0 Å². The number of hydrogen-bond acceptors (Lipinski definition) is 14. The SMILES string of the molecule is CCCCCCCC/C=C/CCCOC(=O)c1cccc(S(=O)(=O)[O-])c1C(=O)OCCC/C=C/CCCCCCCC.CCCCCCCC/C=C/CCCOC(=O)c1cccc(S(=O)(=O)[O-])c1C(=O)OCCC/C=C/CCCCCCCC.[Ca+2]. The first-order valence-electron chi connectivity index (χ1n) is 32.1. The minimum Gasteiger partial charge on any atom is -0.744 e. The van der Waals surface area contributed by atoms with Gasteiger partial charge in [-0.05, 0) is 127 Å². The molecule has 0 aliphatic carbocycles. The van der Waals surface area contributed by atoms with E-state index in [9.17, 15) is 45.1 Å². The zero-order valence-corrected chi connectivity index (χ0v) is 56.4. The first kappa shape index (κ1) is 81.4. The molecular weight excluding hydrogens is 1140 g/mol. The van der Waals surface area contributed by atoms with Gasteiger partial charge in [0, 0.05) is 0 Å². The topological polar surface area (TPSA) is 220 Å². The summed E-state index contributed by atoms with van der Waals surface area (Å²) < 4.78 is 92.2. The number of ether oxygens (including phenoxy) is 4. The van der Waals surface area contributed by atoms with E-state index >= 15 is 0 Å². The average Bonchev–Trinajstić information content (AvgIpc) is 3.62. The molecule has 0 bridgehead atoms. The molecule has 0 heterocycles. The van der Waals surface area contributed by atoms with Gasteiger partial charge in [-0.2, -0.15) is 0 Å². The summed E-state index contributed by atoms with van der Waals surface area (Å²) in [6, 6.07) is 7.07. The second kappa shape index (κ2) is 54.5. The number of carbonyl (C=O) groups excluding carboxylic acids is 4. The van der Waals surface area contributed by atoms with Crippen molar-refractivity contribution in [1.82, 2.24) is 0 Å². The maximum Gasteiger partial charge on any atom is 2.00 e. The fourth-order valence-corrected chi connectivity index (χ4v) is 10.5. The third-order valence-corrected chi connectivity index (χ3v) is 15.8. The first-order chi connectivity index (χ1) is 40.6. The Balaban J connectivity index is 0.00000164. The van der Waals surface area contributed by atoms with Gasteiger partial charge in [0.1, 0.15) is 20.2 Å². The molecule has 0 aliphatic rings. The van der Waals surface area contributed by atoms with Crippen LogP contribution in [0.1, 0.15) is 300 Å². The first-order valence-corrected chi connectivity index (χ1v) is 34.9. The standard InChI is InChI=1S/2C34H54O7S.Ca/c2*1-3-5-7-9-11-13-15-17-19-21-23-28-40-33(35)30-26-25-27-31(42(37,38)39)32(30)34(36)41-29-24-22-20-18-16-14-12-10-8-6-4-2;/h2*17-20,25-27H,3-16,21-24,28-29H2,1-2H3,(H,37,38,39);/q;;+2/p-2/b2*19-17+,20-18+;. The van der Waals surface area contributed by atoms with E-state index in [1.54, 1.807) is 0 Å². The minimum absolute atomic E-state index is 0. The van der Waals surface area contributed by atoms with Crippen LogP contribution in [0.25, 0.3) is 0 Å². The Morgan fingerprint density at radius 3 is 0.776 bits per heavy atom. The van der Waals surface area contributed by atoms with Crippen molar-refractivity contribution < 1.29 is 64.1 Å². The Morgan fingerprint density at radius 2 is 0.541 bits per heavy atom. The Hall–Kier alpha value is -3.64. The van der Waals surface area contributed by atoms with Gasteiger partial charge in [-0.25, -0.2) is 36.0 Å². The van der Waals surface area contributed by atoms with Gasteiger partial charge in [-0.1, -0.05) is 217 Å². The van der Waals surface area contributed by atoms with Crippen LogP contribution in [0.4, 0.5) is 0 Å². The molecular formula is C68H106CaO14S2. The predicted molar refractivity (Wildman–Crippen MR) is 341 cm³/mol. The van der Waals surface area contributed by atoms with Crippen LogP contribution in [0.3, 0.4) is 0 Å². The molecule has 85 heavy (non-hydrogen) atoms. The van der Waals surface area contributed by atoms with Crippen LogP contribution < -0.4 is 0 Å². The zero-order valence-electron chi connectivity index (χ0n) is 52.6. The number of benzene rings is 2. The maximum atomic E-state index is 12.8. The fraction of sp³-hybridized carbons (Fsp3) is 0.647. The van der Waals surface area contributed by atoms with E-state index in [0.717, 1.165) is 63.5 Å². The Bertz CT molecular complexity index is 2260. The van der Waals surface area contributed by atoms with Gasteiger partial charge in [0.05, 0.1) is 58.5 Å². The molecule has 14 nitrogen and oxygen atoms in total. The summed E-state index contributed by atoms with van der Waals surface area (Å²) in [6.45, 7) is 9.11. The molecule has 0 amide bonds. The van der Waals surface area contributed by atoms with Crippen LogP contribution in [0.15, 0.2) is 94.8 Å². The summed E-state index contributed by atoms with van der Waals surface area (Å²) >= 11 is 0. The third-order valence-electron chi connectivity index (χ3n) is 14.0. The molecule has 17 heteroatoms. The largest absolute Gasteiger partial charge is 2.00 e. The van der Waals surface area contributed by atoms with Crippen molar-refractivity contribution in [2.45, 2.75) is 269 Å². The molecule has 0 fully saturated rings. The van der Waals surface area contributed by atoms with Crippen molar-refractivity contribution >= 4 is 81.9 Å². The van der Waals surface area contributed by atoms with Crippen molar-refractivity contribution in [2.24, 2.45) is 0 Å². The van der Waals surface area contributed by atoms with E-state index < -0.39 is 65.0 Å². The van der Waals surface area contributed by atoms with Gasteiger partial charge in [0.15, 0.2) is 0 Å². The van der Waals surface area contributed by atoms with Crippen LogP contribution in [0, 0.1) is 0 Å². The molecule has 0 saturated heterocycles. The van der Waals surface area contributed by atoms with Crippen molar-refractivity contribution in [3.8, 4) is 0 Å². The smallest absolute Gasteiger partial charge is 0.744 e. The number of unbranched alkanes of at least 4 members (excludes halogenated alkanes) is 28. The van der Waals surface area contributed by atoms with E-state index in [1.807, 2.05) is 12.2 Å². The molecule has 0 radical (unpaired) electrons. The molecule has 2 aromatic rings. The van der Waals surface area contributed by atoms with Crippen LogP contribution in [-0.2, 0) is 39.2 Å². The van der Waals surface area contributed by atoms with Gasteiger partial charge in [-0.15, -0.1) is 0 Å².